The van der Waals surface area contributed by atoms with Gasteiger partial charge in [-0.05, 0) is 37.1 Å². The molecule has 0 heterocycles. The topological polar surface area (TPSA) is 45.7 Å². The fourth-order valence-electron chi connectivity index (χ4n) is 2.26. The van der Waals surface area contributed by atoms with Crippen molar-refractivity contribution < 1.29 is 10.1 Å². The molecular formula is C18H22ClN2O+. The van der Waals surface area contributed by atoms with Gasteiger partial charge in [-0.1, -0.05) is 48.0 Å². The minimum absolute atomic E-state index is 0.0454. The Kier molecular flexibility index (Phi) is 5.99. The van der Waals surface area contributed by atoms with E-state index in [2.05, 4.69) is 25.2 Å². The van der Waals surface area contributed by atoms with Crippen molar-refractivity contribution in [3.63, 3.8) is 0 Å². The fourth-order valence-corrected chi connectivity index (χ4v) is 2.39. The molecule has 22 heavy (non-hydrogen) atoms. The van der Waals surface area contributed by atoms with Crippen molar-refractivity contribution in [2.45, 2.75) is 26.4 Å². The molecule has 3 nitrogen and oxygen atoms in total. The van der Waals surface area contributed by atoms with Gasteiger partial charge in [0, 0.05) is 17.1 Å². The third kappa shape index (κ3) is 4.86. The lowest BCUT2D eigenvalue weighted by Crippen LogP contribution is -2.87. The van der Waals surface area contributed by atoms with E-state index in [1.54, 1.807) is 0 Å². The summed E-state index contributed by atoms with van der Waals surface area (Å²) in [5.41, 5.74) is 3.51. The van der Waals surface area contributed by atoms with Gasteiger partial charge in [-0.15, -0.1) is 0 Å². The summed E-state index contributed by atoms with van der Waals surface area (Å²) in [5, 5.41) is 5.72. The average molecular weight is 318 g/mol. The number of hydrogen-bond acceptors (Lipinski definition) is 1. The summed E-state index contributed by atoms with van der Waals surface area (Å²) in [4.78, 5) is 12.0. The van der Waals surface area contributed by atoms with E-state index in [1.165, 1.54) is 5.56 Å². The van der Waals surface area contributed by atoms with Crippen LogP contribution in [0.5, 0.6) is 0 Å². The van der Waals surface area contributed by atoms with Crippen molar-refractivity contribution >= 4 is 17.5 Å². The molecule has 116 valence electrons. The molecule has 3 N–H and O–H groups in total. The van der Waals surface area contributed by atoms with Crippen molar-refractivity contribution in [2.24, 2.45) is 0 Å². The number of nitrogens with one attached hydrogen (secondary N) is 1. The standard InChI is InChI=1S/C18H21ClN2O/c1-13-5-3-4-6-16(13)11-21-18(22)12-20-14(2)15-7-9-17(19)10-8-15/h3-10,14,20H,11-12H2,1-2H3,(H,21,22)/p+1/t14-/m0/s1. The zero-order valence-electron chi connectivity index (χ0n) is 13.0. The van der Waals surface area contributed by atoms with Gasteiger partial charge in [0.05, 0.1) is 0 Å². The molecule has 0 aliphatic rings. The smallest absolute Gasteiger partial charge is 0.275 e. The van der Waals surface area contributed by atoms with E-state index in [0.717, 1.165) is 16.1 Å². The number of amides is 1. The summed E-state index contributed by atoms with van der Waals surface area (Å²) in [5.74, 6) is 0.0454. The first-order valence-electron chi connectivity index (χ1n) is 7.46. The lowest BCUT2D eigenvalue weighted by atomic mass is 10.1. The average Bonchev–Trinajstić information content (AvgIpc) is 2.52. The van der Waals surface area contributed by atoms with Crippen LogP contribution in [0.25, 0.3) is 0 Å². The highest BCUT2D eigenvalue weighted by molar-refractivity contribution is 6.30. The number of benzene rings is 2. The third-order valence-electron chi connectivity index (χ3n) is 3.79. The maximum Gasteiger partial charge on any atom is 0.275 e. The van der Waals surface area contributed by atoms with Gasteiger partial charge in [0.25, 0.3) is 5.91 Å². The number of carbonyl (C=O) groups is 1. The number of carbonyl (C=O) groups excluding carboxylic acids is 1. The van der Waals surface area contributed by atoms with Crippen LogP contribution in [0, 0.1) is 6.92 Å². The van der Waals surface area contributed by atoms with Crippen molar-refractivity contribution in [2.75, 3.05) is 6.54 Å². The van der Waals surface area contributed by atoms with E-state index in [-0.39, 0.29) is 11.9 Å². The second-order valence-corrected chi connectivity index (χ2v) is 5.92. The second-order valence-electron chi connectivity index (χ2n) is 5.48. The maximum absolute atomic E-state index is 12.0. The quantitative estimate of drug-likeness (QED) is 0.845. The normalized spacial score (nSPS) is 12.0. The molecule has 0 fully saturated rings. The van der Waals surface area contributed by atoms with E-state index in [4.69, 9.17) is 11.6 Å². The number of nitrogens with two attached hydrogens (primary N) is 1. The minimum Gasteiger partial charge on any atom is -0.347 e. The van der Waals surface area contributed by atoms with Gasteiger partial charge in [-0.25, -0.2) is 0 Å². The van der Waals surface area contributed by atoms with E-state index < -0.39 is 0 Å². The van der Waals surface area contributed by atoms with Crippen LogP contribution in [0.15, 0.2) is 48.5 Å². The molecule has 1 amide bonds. The van der Waals surface area contributed by atoms with E-state index >= 15 is 0 Å². The first-order chi connectivity index (χ1) is 10.6. The highest BCUT2D eigenvalue weighted by Gasteiger charge is 2.11. The fraction of sp³-hybridized carbons (Fsp3) is 0.278. The number of hydrogen-bond donors (Lipinski definition) is 2. The van der Waals surface area contributed by atoms with Crippen LogP contribution in [-0.4, -0.2) is 12.5 Å². The van der Waals surface area contributed by atoms with Gasteiger partial charge in [-0.2, -0.15) is 0 Å². The van der Waals surface area contributed by atoms with Crippen LogP contribution in [0.2, 0.25) is 5.02 Å². The molecule has 0 radical (unpaired) electrons. The van der Waals surface area contributed by atoms with Crippen molar-refractivity contribution in [1.29, 1.82) is 0 Å². The van der Waals surface area contributed by atoms with Crippen LogP contribution in [0.3, 0.4) is 0 Å². The summed E-state index contributed by atoms with van der Waals surface area (Å²) in [7, 11) is 0. The maximum atomic E-state index is 12.0. The Bertz CT molecular complexity index is 625. The van der Waals surface area contributed by atoms with E-state index in [0.29, 0.717) is 13.1 Å². The lowest BCUT2D eigenvalue weighted by Gasteiger charge is -2.12. The highest BCUT2D eigenvalue weighted by Crippen LogP contribution is 2.13. The van der Waals surface area contributed by atoms with Crippen LogP contribution < -0.4 is 10.6 Å². The van der Waals surface area contributed by atoms with Gasteiger partial charge in [-0.3, -0.25) is 4.79 Å². The molecule has 2 aromatic rings. The third-order valence-corrected chi connectivity index (χ3v) is 4.04. The van der Waals surface area contributed by atoms with Gasteiger partial charge in [0.1, 0.15) is 6.04 Å². The van der Waals surface area contributed by atoms with E-state index in [1.807, 2.05) is 47.8 Å². The molecule has 0 aromatic heterocycles. The van der Waals surface area contributed by atoms with Gasteiger partial charge in [0.15, 0.2) is 6.54 Å². The molecule has 0 unspecified atom stereocenters. The van der Waals surface area contributed by atoms with Gasteiger partial charge in [0.2, 0.25) is 0 Å². The number of aryl methyl sites for hydroxylation is 1. The number of rotatable bonds is 6. The van der Waals surface area contributed by atoms with Crippen molar-refractivity contribution in [1.82, 2.24) is 5.32 Å². The Labute approximate surface area is 136 Å². The molecule has 1 atom stereocenters. The Morgan fingerprint density at radius 1 is 1.18 bits per heavy atom. The van der Waals surface area contributed by atoms with Crippen LogP contribution in [0.4, 0.5) is 0 Å². The molecule has 0 aliphatic heterocycles. The first-order valence-corrected chi connectivity index (χ1v) is 7.84. The molecule has 0 saturated carbocycles. The van der Waals surface area contributed by atoms with Crippen LogP contribution >= 0.6 is 11.6 Å². The monoisotopic (exact) mass is 317 g/mol. The van der Waals surface area contributed by atoms with Gasteiger partial charge < -0.3 is 10.6 Å². The molecule has 0 aliphatic carbocycles. The largest absolute Gasteiger partial charge is 0.347 e. The molecule has 2 rings (SSSR count). The summed E-state index contributed by atoms with van der Waals surface area (Å²) >= 11 is 5.88. The molecule has 0 saturated heterocycles. The Hall–Kier alpha value is -1.84. The highest BCUT2D eigenvalue weighted by atomic mass is 35.5. The minimum atomic E-state index is 0.0454. The molecule has 2 aromatic carbocycles. The number of halogens is 1. The predicted molar refractivity (Wildman–Crippen MR) is 89.7 cm³/mol. The van der Waals surface area contributed by atoms with Crippen molar-refractivity contribution in [3.05, 3.63) is 70.2 Å². The lowest BCUT2D eigenvalue weighted by molar-refractivity contribution is -0.682. The molecule has 0 bridgehead atoms. The zero-order valence-corrected chi connectivity index (χ0v) is 13.7. The summed E-state index contributed by atoms with van der Waals surface area (Å²) < 4.78 is 0. The predicted octanol–water partition coefficient (Wildman–Crippen LogP) is 2.59. The van der Waals surface area contributed by atoms with Crippen LogP contribution in [-0.2, 0) is 11.3 Å². The summed E-state index contributed by atoms with van der Waals surface area (Å²) in [6.45, 7) is 5.12. The Morgan fingerprint density at radius 3 is 2.55 bits per heavy atom. The summed E-state index contributed by atoms with van der Waals surface area (Å²) in [6.07, 6.45) is 0. The van der Waals surface area contributed by atoms with E-state index in [9.17, 15) is 4.79 Å². The Morgan fingerprint density at radius 2 is 1.86 bits per heavy atom. The molecular weight excluding hydrogens is 296 g/mol. The summed E-state index contributed by atoms with van der Waals surface area (Å²) in [6, 6.07) is 16.0. The molecule has 0 spiro atoms. The van der Waals surface area contributed by atoms with Crippen molar-refractivity contribution in [3.8, 4) is 0 Å². The SMILES string of the molecule is Cc1ccccc1CNC(=O)C[NH2+][C@@H](C)c1ccc(Cl)cc1. The van der Waals surface area contributed by atoms with Gasteiger partial charge >= 0.3 is 0 Å². The first kappa shape index (κ1) is 16.5. The number of quaternary nitrogens is 1. The zero-order chi connectivity index (χ0) is 15.9. The van der Waals surface area contributed by atoms with Crippen LogP contribution in [0.1, 0.15) is 29.7 Å². The second kappa shape index (κ2) is 7.97. The molecule has 4 heteroatoms. The Balaban J connectivity index is 1.78.